The van der Waals surface area contributed by atoms with Crippen LogP contribution < -0.4 is 20.1 Å². The summed E-state index contributed by atoms with van der Waals surface area (Å²) in [6.07, 6.45) is 0. The highest BCUT2D eigenvalue weighted by atomic mass is 16.5. The number of aryl methyl sites for hydroxylation is 4. The number of carbonyl (C=O) groups is 2. The van der Waals surface area contributed by atoms with Gasteiger partial charge in [-0.15, -0.1) is 0 Å². The second-order valence-electron chi connectivity index (χ2n) is 13.3. The molecular formula is C45H40N2O4. The highest BCUT2D eigenvalue weighted by Crippen LogP contribution is 2.56. The molecule has 51 heavy (non-hydrogen) atoms. The third-order valence-corrected chi connectivity index (χ3v) is 9.29. The molecule has 0 bridgehead atoms. The zero-order valence-electron chi connectivity index (χ0n) is 29.2. The van der Waals surface area contributed by atoms with E-state index in [1.54, 1.807) is 0 Å². The third kappa shape index (κ3) is 6.86. The van der Waals surface area contributed by atoms with Crippen molar-refractivity contribution >= 4 is 23.2 Å². The van der Waals surface area contributed by atoms with Crippen molar-refractivity contribution in [3.05, 3.63) is 178 Å². The number of hydrogen-bond acceptors (Lipinski definition) is 4. The lowest BCUT2D eigenvalue weighted by molar-refractivity contribution is -0.118. The first-order valence-corrected chi connectivity index (χ1v) is 17.1. The van der Waals surface area contributed by atoms with E-state index in [4.69, 9.17) is 9.47 Å². The summed E-state index contributed by atoms with van der Waals surface area (Å²) in [6, 6.07) is 45.0. The SMILES string of the molecule is Cc1cc(C)cc(OCC(=O)Nc2ccc(C3(c4ccc(NC(=O)COc5cc(C)cc(C)c5)cc4)c4ccccc4-c4ccccc43)cc2)c1. The molecular weight excluding hydrogens is 633 g/mol. The molecule has 2 N–H and O–H groups in total. The molecule has 6 heteroatoms. The molecule has 0 fully saturated rings. The van der Waals surface area contributed by atoms with Crippen molar-refractivity contribution in [2.45, 2.75) is 33.1 Å². The standard InChI is InChI=1S/C45H40N2O4/c1-29-21-30(2)24-37(23-29)50-27-43(48)46-35-17-13-33(14-18-35)45(41-11-7-5-9-39(41)40-10-6-8-12-42(40)45)34-15-19-36(20-16-34)47-44(49)28-51-38-25-31(3)22-32(4)26-38/h5-26H,27-28H2,1-4H3,(H,46,48)(H,47,49). The quantitative estimate of drug-likeness (QED) is 0.152. The largest absolute Gasteiger partial charge is 0.484 e. The summed E-state index contributed by atoms with van der Waals surface area (Å²) in [5.41, 5.74) is 11.9. The maximum atomic E-state index is 12.9. The van der Waals surface area contributed by atoms with Crippen LogP contribution in [0, 0.1) is 27.7 Å². The topological polar surface area (TPSA) is 76.7 Å². The number of nitrogens with one attached hydrogen (secondary N) is 2. The number of ether oxygens (including phenoxy) is 2. The highest BCUT2D eigenvalue weighted by Gasteiger charge is 2.45. The number of amides is 2. The van der Waals surface area contributed by atoms with Crippen molar-refractivity contribution in [3.63, 3.8) is 0 Å². The van der Waals surface area contributed by atoms with Gasteiger partial charge in [-0.2, -0.15) is 0 Å². The summed E-state index contributed by atoms with van der Waals surface area (Å²) in [5, 5.41) is 5.97. The average molecular weight is 673 g/mol. The van der Waals surface area contributed by atoms with Gasteiger partial charge in [0.25, 0.3) is 11.8 Å². The van der Waals surface area contributed by atoms with Crippen molar-refractivity contribution in [2.75, 3.05) is 23.8 Å². The van der Waals surface area contributed by atoms with Crippen LogP contribution in [0.5, 0.6) is 11.5 Å². The van der Waals surface area contributed by atoms with E-state index in [0.717, 1.165) is 33.4 Å². The van der Waals surface area contributed by atoms with Crippen molar-refractivity contribution in [2.24, 2.45) is 0 Å². The molecule has 0 atom stereocenters. The molecule has 6 nitrogen and oxygen atoms in total. The predicted octanol–water partition coefficient (Wildman–Crippen LogP) is 9.32. The Hall–Kier alpha value is -6.14. The molecule has 0 heterocycles. The van der Waals surface area contributed by atoms with E-state index in [1.807, 2.05) is 76.2 Å². The molecule has 0 unspecified atom stereocenters. The van der Waals surface area contributed by atoms with E-state index in [0.29, 0.717) is 22.9 Å². The van der Waals surface area contributed by atoms with Gasteiger partial charge in [-0.1, -0.05) is 84.9 Å². The molecule has 1 aliphatic carbocycles. The average Bonchev–Trinajstić information content (AvgIpc) is 3.41. The second kappa shape index (κ2) is 14.0. The summed E-state index contributed by atoms with van der Waals surface area (Å²) in [5.74, 6) is 0.889. The van der Waals surface area contributed by atoms with E-state index in [2.05, 4.69) is 95.6 Å². The van der Waals surface area contributed by atoms with E-state index >= 15 is 0 Å². The maximum Gasteiger partial charge on any atom is 0.262 e. The normalized spacial score (nSPS) is 12.4. The maximum absolute atomic E-state index is 12.9. The Kier molecular flexibility index (Phi) is 9.16. The van der Waals surface area contributed by atoms with Crippen molar-refractivity contribution in [3.8, 4) is 22.6 Å². The number of benzene rings is 6. The number of fused-ring (bicyclic) bond motifs is 3. The molecule has 1 aliphatic rings. The Morgan fingerprint density at radius 1 is 0.490 bits per heavy atom. The highest BCUT2D eigenvalue weighted by molar-refractivity contribution is 5.93. The van der Waals surface area contributed by atoms with E-state index < -0.39 is 5.41 Å². The zero-order chi connectivity index (χ0) is 35.5. The summed E-state index contributed by atoms with van der Waals surface area (Å²) in [6.45, 7) is 7.85. The first-order chi connectivity index (χ1) is 24.7. The molecule has 0 spiro atoms. The van der Waals surface area contributed by atoms with Gasteiger partial charge >= 0.3 is 0 Å². The number of carbonyl (C=O) groups excluding carboxylic acids is 2. The monoisotopic (exact) mass is 672 g/mol. The van der Waals surface area contributed by atoms with E-state index in [9.17, 15) is 9.59 Å². The van der Waals surface area contributed by atoms with Crippen LogP contribution in [-0.4, -0.2) is 25.0 Å². The van der Waals surface area contributed by atoms with Crippen molar-refractivity contribution in [1.29, 1.82) is 0 Å². The lowest BCUT2D eigenvalue weighted by Crippen LogP contribution is -2.28. The molecule has 6 aromatic carbocycles. The van der Waals surface area contributed by atoms with E-state index in [-0.39, 0.29) is 25.0 Å². The summed E-state index contributed by atoms with van der Waals surface area (Å²) >= 11 is 0. The van der Waals surface area contributed by atoms with Crippen molar-refractivity contribution < 1.29 is 19.1 Å². The minimum Gasteiger partial charge on any atom is -0.484 e. The van der Waals surface area contributed by atoms with Gasteiger partial charge in [-0.3, -0.25) is 9.59 Å². The summed E-state index contributed by atoms with van der Waals surface area (Å²) in [4.78, 5) is 25.8. The van der Waals surface area contributed by atoms with Gasteiger partial charge in [0, 0.05) is 11.4 Å². The zero-order valence-corrected chi connectivity index (χ0v) is 29.2. The van der Waals surface area contributed by atoms with E-state index in [1.165, 1.54) is 22.3 Å². The van der Waals surface area contributed by atoms with Crippen LogP contribution in [0.25, 0.3) is 11.1 Å². The molecule has 0 aliphatic heterocycles. The van der Waals surface area contributed by atoms with Gasteiger partial charge in [-0.25, -0.2) is 0 Å². The first kappa shape index (κ1) is 33.4. The molecule has 0 saturated heterocycles. The predicted molar refractivity (Wildman–Crippen MR) is 204 cm³/mol. The van der Waals surface area contributed by atoms with Crippen LogP contribution in [0.1, 0.15) is 44.5 Å². The van der Waals surface area contributed by atoms with Crippen LogP contribution in [0.3, 0.4) is 0 Å². The van der Waals surface area contributed by atoms with Gasteiger partial charge in [0.15, 0.2) is 13.2 Å². The Labute approximate surface area is 299 Å². The van der Waals surface area contributed by atoms with Crippen LogP contribution in [0.4, 0.5) is 11.4 Å². The van der Waals surface area contributed by atoms with Crippen LogP contribution >= 0.6 is 0 Å². The fourth-order valence-corrected chi connectivity index (χ4v) is 7.36. The number of anilines is 2. The molecule has 6 aromatic rings. The van der Waals surface area contributed by atoms with Crippen LogP contribution in [0.2, 0.25) is 0 Å². The lowest BCUT2D eigenvalue weighted by Gasteiger charge is -2.34. The molecule has 0 saturated carbocycles. The Morgan fingerprint density at radius 3 is 1.22 bits per heavy atom. The molecule has 0 aromatic heterocycles. The Bertz CT molecular complexity index is 2040. The van der Waals surface area contributed by atoms with Crippen LogP contribution in [-0.2, 0) is 15.0 Å². The Balaban J connectivity index is 1.15. The Morgan fingerprint density at radius 2 is 0.843 bits per heavy atom. The minimum atomic E-state index is -0.628. The summed E-state index contributed by atoms with van der Waals surface area (Å²) in [7, 11) is 0. The summed E-state index contributed by atoms with van der Waals surface area (Å²) < 4.78 is 11.6. The molecule has 2 amide bonds. The third-order valence-electron chi connectivity index (χ3n) is 9.29. The fraction of sp³-hybridized carbons (Fsp3) is 0.156. The van der Waals surface area contributed by atoms with Gasteiger partial charge < -0.3 is 20.1 Å². The van der Waals surface area contributed by atoms with Gasteiger partial charge in [0.1, 0.15) is 11.5 Å². The number of hydrogen-bond donors (Lipinski definition) is 2. The van der Waals surface area contributed by atoms with Crippen molar-refractivity contribution in [1.82, 2.24) is 0 Å². The first-order valence-electron chi connectivity index (χ1n) is 17.1. The smallest absolute Gasteiger partial charge is 0.262 e. The fourth-order valence-electron chi connectivity index (χ4n) is 7.36. The van der Waals surface area contributed by atoms with Gasteiger partial charge in [0.2, 0.25) is 0 Å². The van der Waals surface area contributed by atoms with Crippen LogP contribution in [0.15, 0.2) is 133 Å². The molecule has 0 radical (unpaired) electrons. The lowest BCUT2D eigenvalue weighted by atomic mass is 9.67. The molecule has 7 rings (SSSR count). The number of rotatable bonds is 10. The molecule has 254 valence electrons. The minimum absolute atomic E-state index is 0.0874. The van der Waals surface area contributed by atoms with Gasteiger partial charge in [-0.05, 0) is 132 Å². The second-order valence-corrected chi connectivity index (χ2v) is 13.3. The van der Waals surface area contributed by atoms with Gasteiger partial charge in [0.05, 0.1) is 5.41 Å².